The van der Waals surface area contributed by atoms with Gasteiger partial charge in [-0.25, -0.2) is 4.79 Å². The van der Waals surface area contributed by atoms with Crippen LogP contribution in [0.4, 0.5) is 0 Å². The van der Waals surface area contributed by atoms with Crippen LogP contribution in [-0.2, 0) is 23.7 Å². The van der Waals surface area contributed by atoms with Gasteiger partial charge in [-0.2, -0.15) is 0 Å². The number of methoxy groups -OCH3 is 1. The van der Waals surface area contributed by atoms with Gasteiger partial charge >= 0.3 is 5.97 Å². The predicted molar refractivity (Wildman–Crippen MR) is 88.0 cm³/mol. The molecule has 0 bridgehead atoms. The molecule has 160 valence electrons. The first-order valence-electron chi connectivity index (χ1n) is 8.98. The van der Waals surface area contributed by atoms with Crippen LogP contribution in [-0.4, -0.2) is 99.5 Å². The standard InChI is InChI=1S/C17H26O11/c1-5-8-9(12(21)10(5)19)6(15(24)25-2)4-26-16(8)28-17-14(23)13(22)11(20)7(3-18)27-17/h4-5,7-14,16-23H,3H2,1-2H3/t5-,7-,8+,9+,10+,11?,12+,13?,14-,16+,17?/m1/s1. The Kier molecular flexibility index (Phi) is 6.27. The smallest absolute Gasteiger partial charge is 0.337 e. The number of ether oxygens (including phenoxy) is 4. The second kappa shape index (κ2) is 8.20. The summed E-state index contributed by atoms with van der Waals surface area (Å²) in [5.41, 5.74) is 0.0389. The molecule has 1 aliphatic carbocycles. The first kappa shape index (κ1) is 21.4. The van der Waals surface area contributed by atoms with Crippen LogP contribution in [0.3, 0.4) is 0 Å². The summed E-state index contributed by atoms with van der Waals surface area (Å²) in [6.45, 7) is 1.02. The molecule has 0 aromatic carbocycles. The molecule has 2 aliphatic heterocycles. The van der Waals surface area contributed by atoms with Gasteiger partial charge in [0.25, 0.3) is 0 Å². The highest BCUT2D eigenvalue weighted by molar-refractivity contribution is 5.89. The van der Waals surface area contributed by atoms with E-state index in [4.69, 9.17) is 18.9 Å². The molecule has 0 amide bonds. The Morgan fingerprint density at radius 3 is 2.32 bits per heavy atom. The predicted octanol–water partition coefficient (Wildman–Crippen LogP) is -3.18. The second-order valence-electron chi connectivity index (χ2n) is 7.35. The monoisotopic (exact) mass is 406 g/mol. The number of carbonyl (C=O) groups is 1. The van der Waals surface area contributed by atoms with Crippen LogP contribution in [0.2, 0.25) is 0 Å². The summed E-state index contributed by atoms with van der Waals surface area (Å²) in [6.07, 6.45) is -9.96. The van der Waals surface area contributed by atoms with Crippen molar-refractivity contribution in [1.82, 2.24) is 0 Å². The Balaban J connectivity index is 1.84. The molecule has 0 aromatic heterocycles. The lowest BCUT2D eigenvalue weighted by Crippen LogP contribution is -2.60. The maximum atomic E-state index is 12.0. The van der Waals surface area contributed by atoms with Gasteiger partial charge in [-0.05, 0) is 5.92 Å². The van der Waals surface area contributed by atoms with Crippen LogP contribution in [0.15, 0.2) is 11.8 Å². The molecule has 11 heteroatoms. The van der Waals surface area contributed by atoms with E-state index in [-0.39, 0.29) is 5.57 Å². The van der Waals surface area contributed by atoms with Gasteiger partial charge in [-0.3, -0.25) is 0 Å². The summed E-state index contributed by atoms with van der Waals surface area (Å²) in [4.78, 5) is 12.0. The molecular weight excluding hydrogens is 380 g/mol. The quantitative estimate of drug-likeness (QED) is 0.260. The Morgan fingerprint density at radius 2 is 1.71 bits per heavy atom. The van der Waals surface area contributed by atoms with Crippen LogP contribution < -0.4 is 0 Å². The van der Waals surface area contributed by atoms with Gasteiger partial charge in [0.1, 0.15) is 24.4 Å². The summed E-state index contributed by atoms with van der Waals surface area (Å²) in [5.74, 6) is -2.82. The number of esters is 1. The van der Waals surface area contributed by atoms with Gasteiger partial charge in [0.15, 0.2) is 6.29 Å². The van der Waals surface area contributed by atoms with Gasteiger partial charge < -0.3 is 49.6 Å². The summed E-state index contributed by atoms with van der Waals surface area (Å²) >= 11 is 0. The molecule has 2 heterocycles. The summed E-state index contributed by atoms with van der Waals surface area (Å²) in [6, 6.07) is 0. The third kappa shape index (κ3) is 3.42. The molecule has 3 unspecified atom stereocenters. The van der Waals surface area contributed by atoms with Gasteiger partial charge in [-0.15, -0.1) is 0 Å². The second-order valence-corrected chi connectivity index (χ2v) is 7.35. The van der Waals surface area contributed by atoms with Crippen molar-refractivity contribution < 1.29 is 54.4 Å². The molecule has 11 nitrogen and oxygen atoms in total. The van der Waals surface area contributed by atoms with Crippen LogP contribution in [0.25, 0.3) is 0 Å². The molecule has 1 saturated heterocycles. The highest BCUT2D eigenvalue weighted by Gasteiger charge is 2.57. The molecule has 2 fully saturated rings. The van der Waals surface area contributed by atoms with Crippen LogP contribution in [0.1, 0.15) is 6.92 Å². The van der Waals surface area contributed by atoms with E-state index in [0.717, 1.165) is 6.26 Å². The molecule has 3 aliphatic rings. The van der Waals surface area contributed by atoms with E-state index in [1.165, 1.54) is 7.11 Å². The third-order valence-electron chi connectivity index (χ3n) is 5.82. The average molecular weight is 406 g/mol. The van der Waals surface area contributed by atoms with E-state index in [1.54, 1.807) is 6.92 Å². The molecule has 0 aromatic rings. The topological polar surface area (TPSA) is 175 Å². The Hall–Kier alpha value is -1.31. The molecule has 0 spiro atoms. The average Bonchev–Trinajstić information content (AvgIpc) is 2.92. The van der Waals surface area contributed by atoms with Crippen molar-refractivity contribution in [2.24, 2.45) is 17.8 Å². The first-order chi connectivity index (χ1) is 13.2. The minimum atomic E-state index is -1.64. The Labute approximate surface area is 160 Å². The minimum Gasteiger partial charge on any atom is -0.472 e. The Bertz CT molecular complexity index is 608. The lowest BCUT2D eigenvalue weighted by atomic mass is 9.82. The van der Waals surface area contributed by atoms with E-state index in [1.807, 2.05) is 0 Å². The van der Waals surface area contributed by atoms with Gasteiger partial charge in [0.05, 0.1) is 37.8 Å². The number of hydrogen-bond donors (Lipinski definition) is 6. The van der Waals surface area contributed by atoms with Crippen LogP contribution in [0.5, 0.6) is 0 Å². The van der Waals surface area contributed by atoms with Gasteiger partial charge in [0.2, 0.25) is 6.29 Å². The number of aliphatic hydroxyl groups excluding tert-OH is 6. The maximum Gasteiger partial charge on any atom is 0.337 e. The van der Waals surface area contributed by atoms with Crippen LogP contribution in [0, 0.1) is 17.8 Å². The molecule has 6 N–H and O–H groups in total. The zero-order valence-electron chi connectivity index (χ0n) is 15.4. The number of rotatable bonds is 4. The number of hydrogen-bond acceptors (Lipinski definition) is 11. The van der Waals surface area contributed by atoms with E-state index >= 15 is 0 Å². The summed E-state index contributed by atoms with van der Waals surface area (Å²) in [7, 11) is 1.18. The van der Waals surface area contributed by atoms with E-state index in [9.17, 15) is 35.4 Å². The molecule has 11 atom stereocenters. The Morgan fingerprint density at radius 1 is 1.04 bits per heavy atom. The van der Waals surface area contributed by atoms with Crippen molar-refractivity contribution in [1.29, 1.82) is 0 Å². The molecule has 1 saturated carbocycles. The lowest BCUT2D eigenvalue weighted by Gasteiger charge is -2.43. The number of carbonyl (C=O) groups excluding carboxylic acids is 1. The SMILES string of the molecule is COC(=O)C1=CO[C@@H](OC2O[C@H](CO)C(O)C(O)[C@H]2O)[C@H]2[C@@H](C)[C@H](O)[C@@H](O)[C@@H]12. The molecule has 0 radical (unpaired) electrons. The van der Waals surface area contributed by atoms with Gasteiger partial charge in [-0.1, -0.05) is 6.92 Å². The fraction of sp³-hybridized carbons (Fsp3) is 0.824. The van der Waals surface area contributed by atoms with Crippen molar-refractivity contribution in [2.75, 3.05) is 13.7 Å². The molecule has 28 heavy (non-hydrogen) atoms. The van der Waals surface area contributed by atoms with Crippen molar-refractivity contribution in [3.8, 4) is 0 Å². The third-order valence-corrected chi connectivity index (χ3v) is 5.82. The van der Waals surface area contributed by atoms with E-state index < -0.39 is 79.5 Å². The zero-order chi connectivity index (χ0) is 20.7. The highest BCUT2D eigenvalue weighted by Crippen LogP contribution is 2.47. The van der Waals surface area contributed by atoms with E-state index in [0.29, 0.717) is 0 Å². The fourth-order valence-corrected chi connectivity index (χ4v) is 4.16. The largest absolute Gasteiger partial charge is 0.472 e. The van der Waals surface area contributed by atoms with E-state index in [2.05, 4.69) is 0 Å². The summed E-state index contributed by atoms with van der Waals surface area (Å²) in [5, 5.41) is 59.9. The minimum absolute atomic E-state index is 0.0389. The molecular formula is C17H26O11. The van der Waals surface area contributed by atoms with Crippen LogP contribution >= 0.6 is 0 Å². The van der Waals surface area contributed by atoms with Crippen molar-refractivity contribution >= 4 is 5.97 Å². The highest BCUT2D eigenvalue weighted by atomic mass is 16.8. The zero-order valence-corrected chi connectivity index (χ0v) is 15.4. The number of fused-ring (bicyclic) bond motifs is 1. The van der Waals surface area contributed by atoms with Crippen molar-refractivity contribution in [3.63, 3.8) is 0 Å². The fourth-order valence-electron chi connectivity index (χ4n) is 4.16. The van der Waals surface area contributed by atoms with Gasteiger partial charge in [0, 0.05) is 11.8 Å². The van der Waals surface area contributed by atoms with Crippen molar-refractivity contribution in [3.05, 3.63) is 11.8 Å². The maximum absolute atomic E-state index is 12.0. The normalized spacial score (nSPS) is 48.4. The molecule has 3 rings (SSSR count). The first-order valence-corrected chi connectivity index (χ1v) is 8.98. The lowest BCUT2D eigenvalue weighted by molar-refractivity contribution is -0.343. The summed E-state index contributed by atoms with van der Waals surface area (Å²) < 4.78 is 21.1. The number of aliphatic hydroxyl groups is 6. The van der Waals surface area contributed by atoms with Crippen molar-refractivity contribution in [2.45, 2.75) is 56.1 Å².